The number of hydrogen-bond acceptors (Lipinski definition) is 2. The first-order chi connectivity index (χ1) is 17.3. The van der Waals surface area contributed by atoms with E-state index in [2.05, 4.69) is 27.7 Å². The fourth-order valence-electron chi connectivity index (χ4n) is 5.21. The van der Waals surface area contributed by atoms with Crippen molar-refractivity contribution in [2.75, 3.05) is 0 Å². The molecule has 1 aromatic rings. The van der Waals surface area contributed by atoms with Crippen LogP contribution >= 0.6 is 0 Å². The van der Waals surface area contributed by atoms with Crippen molar-refractivity contribution in [1.29, 1.82) is 0 Å². The molecule has 0 aliphatic carbocycles. The Morgan fingerprint density at radius 1 is 0.429 bits per heavy atom. The Bertz CT molecular complexity index is 556. The zero-order valence-electron chi connectivity index (χ0n) is 24.3. The van der Waals surface area contributed by atoms with Crippen molar-refractivity contribution in [1.82, 2.24) is 9.97 Å². The van der Waals surface area contributed by atoms with Crippen molar-refractivity contribution in [2.24, 2.45) is 0 Å². The Morgan fingerprint density at radius 3 is 1.09 bits per heavy atom. The van der Waals surface area contributed by atoms with Crippen molar-refractivity contribution >= 4 is 0 Å². The molecule has 0 N–H and O–H groups in total. The molecule has 1 aromatic heterocycles. The van der Waals surface area contributed by atoms with E-state index in [-0.39, 0.29) is 0 Å². The van der Waals surface area contributed by atoms with E-state index in [1.807, 2.05) is 0 Å². The van der Waals surface area contributed by atoms with E-state index in [1.54, 1.807) is 0 Å². The van der Waals surface area contributed by atoms with E-state index < -0.39 is 0 Å². The maximum absolute atomic E-state index is 5.04. The van der Waals surface area contributed by atoms with Gasteiger partial charge in [0, 0.05) is 17.8 Å². The van der Waals surface area contributed by atoms with Gasteiger partial charge in [0.1, 0.15) is 5.82 Å². The number of nitrogens with zero attached hydrogens (tertiary/aromatic N) is 2. The van der Waals surface area contributed by atoms with E-state index >= 15 is 0 Å². The summed E-state index contributed by atoms with van der Waals surface area (Å²) in [6.07, 6.45) is 32.8. The molecule has 0 spiro atoms. The Morgan fingerprint density at radius 2 is 0.743 bits per heavy atom. The van der Waals surface area contributed by atoms with Gasteiger partial charge in [-0.05, 0) is 51.0 Å². The maximum Gasteiger partial charge on any atom is 0.128 e. The highest BCUT2D eigenvalue weighted by Gasteiger charge is 2.14. The summed E-state index contributed by atoms with van der Waals surface area (Å²) in [6, 6.07) is 0. The highest BCUT2D eigenvalue weighted by atomic mass is 14.9. The van der Waals surface area contributed by atoms with Crippen molar-refractivity contribution in [3.05, 3.63) is 29.7 Å². The normalized spacial score (nSPS) is 11.4. The molecule has 0 bridgehead atoms. The van der Waals surface area contributed by atoms with Crippen LogP contribution in [0, 0.1) is 6.92 Å². The van der Waals surface area contributed by atoms with Gasteiger partial charge in [-0.3, -0.25) is 0 Å². The van der Waals surface area contributed by atoms with E-state index in [4.69, 9.17) is 9.97 Å². The third-order valence-electron chi connectivity index (χ3n) is 7.51. The van der Waals surface area contributed by atoms with Crippen LogP contribution in [0.4, 0.5) is 0 Å². The topological polar surface area (TPSA) is 25.8 Å². The second-order valence-corrected chi connectivity index (χ2v) is 10.9. The number of unbranched alkanes of at least 4 members (excludes halogenated alkanes) is 18. The van der Waals surface area contributed by atoms with Gasteiger partial charge < -0.3 is 0 Å². The molecule has 0 saturated heterocycles. The van der Waals surface area contributed by atoms with Crippen LogP contribution in [0.2, 0.25) is 0 Å². The summed E-state index contributed by atoms with van der Waals surface area (Å²) in [6.45, 7) is 11.0. The number of aromatic nitrogens is 2. The lowest BCUT2D eigenvalue weighted by molar-refractivity contribution is 0.571. The van der Waals surface area contributed by atoms with Crippen LogP contribution in [-0.4, -0.2) is 9.97 Å². The molecule has 0 saturated carbocycles. The van der Waals surface area contributed by atoms with Crippen LogP contribution < -0.4 is 0 Å². The predicted molar refractivity (Wildman–Crippen MR) is 156 cm³/mol. The molecule has 1 heterocycles. The Balaban J connectivity index is 2.69. The highest BCUT2D eigenvalue weighted by Crippen LogP contribution is 2.22. The van der Waals surface area contributed by atoms with Gasteiger partial charge in [0.2, 0.25) is 0 Å². The monoisotopic (exact) mass is 485 g/mol. The number of rotatable bonds is 25. The summed E-state index contributed by atoms with van der Waals surface area (Å²) in [7, 11) is 0. The van der Waals surface area contributed by atoms with E-state index in [1.165, 1.54) is 158 Å². The van der Waals surface area contributed by atoms with Gasteiger partial charge >= 0.3 is 0 Å². The van der Waals surface area contributed by atoms with Gasteiger partial charge in [-0.15, -0.1) is 0 Å². The molecule has 35 heavy (non-hydrogen) atoms. The van der Waals surface area contributed by atoms with Crippen LogP contribution in [0.1, 0.15) is 178 Å². The first-order valence-corrected chi connectivity index (χ1v) is 15.9. The molecular formula is C33H61N2. The smallest absolute Gasteiger partial charge is 0.128 e. The van der Waals surface area contributed by atoms with Crippen molar-refractivity contribution in [3.63, 3.8) is 0 Å². The Hall–Kier alpha value is -0.920. The molecular weight excluding hydrogens is 424 g/mol. The molecule has 0 unspecified atom stereocenters. The third-order valence-corrected chi connectivity index (χ3v) is 7.51. The number of aryl methyl sites for hydroxylation is 2. The van der Waals surface area contributed by atoms with Crippen LogP contribution in [0.25, 0.3) is 0 Å². The maximum atomic E-state index is 5.04. The lowest BCUT2D eigenvalue weighted by Crippen LogP contribution is -2.11. The SMILES string of the molecule is [CH2]Cc1nc(CCCCCCCCC)c(CCCCCCCCC)c(CCCCCCCCC)n1. The average Bonchev–Trinajstić information content (AvgIpc) is 2.87. The minimum Gasteiger partial charge on any atom is -0.238 e. The van der Waals surface area contributed by atoms with Crippen molar-refractivity contribution in [2.45, 2.75) is 181 Å². The molecule has 1 radical (unpaired) electrons. The van der Waals surface area contributed by atoms with Gasteiger partial charge in [-0.25, -0.2) is 9.97 Å². The molecule has 203 valence electrons. The van der Waals surface area contributed by atoms with Gasteiger partial charge in [0.25, 0.3) is 0 Å². The van der Waals surface area contributed by atoms with Crippen LogP contribution in [0.3, 0.4) is 0 Å². The molecule has 2 heteroatoms. The predicted octanol–water partition coefficient (Wildman–Crippen LogP) is 10.7. The van der Waals surface area contributed by atoms with E-state index in [9.17, 15) is 0 Å². The Kier molecular flexibility index (Phi) is 21.5. The standard InChI is InChI=1S/C33H61N2/c1-5-9-12-15-18-21-24-27-30-31(28-25-22-19-16-13-10-6-2)34-33(8-4)35-32(30)29-26-23-20-17-14-11-7-3/h4-29H2,1-3H3. The first kappa shape index (κ1) is 32.1. The minimum atomic E-state index is 0.714. The quantitative estimate of drug-likeness (QED) is 0.129. The minimum absolute atomic E-state index is 0.714. The molecule has 0 amide bonds. The van der Waals surface area contributed by atoms with Crippen LogP contribution in [0.15, 0.2) is 0 Å². The zero-order chi connectivity index (χ0) is 25.4. The Labute approximate surface area is 220 Å². The highest BCUT2D eigenvalue weighted by molar-refractivity contribution is 5.27. The van der Waals surface area contributed by atoms with E-state index in [0.717, 1.165) is 18.7 Å². The zero-order valence-corrected chi connectivity index (χ0v) is 24.3. The molecule has 0 atom stereocenters. The van der Waals surface area contributed by atoms with Crippen LogP contribution in [-0.2, 0) is 25.7 Å². The first-order valence-electron chi connectivity index (χ1n) is 15.9. The summed E-state index contributed by atoms with van der Waals surface area (Å²) >= 11 is 0. The van der Waals surface area contributed by atoms with Gasteiger partial charge in [0.05, 0.1) is 0 Å². The summed E-state index contributed by atoms with van der Waals surface area (Å²) in [5.41, 5.74) is 4.26. The largest absolute Gasteiger partial charge is 0.238 e. The second-order valence-electron chi connectivity index (χ2n) is 10.9. The van der Waals surface area contributed by atoms with Crippen molar-refractivity contribution < 1.29 is 0 Å². The average molecular weight is 486 g/mol. The van der Waals surface area contributed by atoms with Gasteiger partial charge in [-0.1, -0.05) is 136 Å². The molecule has 0 aliphatic heterocycles. The fraction of sp³-hybridized carbons (Fsp3) is 0.848. The van der Waals surface area contributed by atoms with Gasteiger partial charge in [-0.2, -0.15) is 0 Å². The molecule has 2 nitrogen and oxygen atoms in total. The third kappa shape index (κ3) is 16.4. The van der Waals surface area contributed by atoms with Crippen molar-refractivity contribution in [3.8, 4) is 0 Å². The molecule has 0 fully saturated rings. The second kappa shape index (κ2) is 23.5. The lowest BCUT2D eigenvalue weighted by Gasteiger charge is -2.16. The lowest BCUT2D eigenvalue weighted by atomic mass is 9.96. The molecule has 1 rings (SSSR count). The van der Waals surface area contributed by atoms with E-state index in [0.29, 0.717) is 6.42 Å². The number of hydrogen-bond donors (Lipinski definition) is 0. The summed E-state index contributed by atoms with van der Waals surface area (Å²) in [4.78, 5) is 10.1. The van der Waals surface area contributed by atoms with Gasteiger partial charge in [0.15, 0.2) is 0 Å². The molecule has 0 aliphatic rings. The summed E-state index contributed by atoms with van der Waals surface area (Å²) in [5, 5.41) is 0. The fourth-order valence-corrected chi connectivity index (χ4v) is 5.21. The van der Waals surface area contributed by atoms with Crippen LogP contribution in [0.5, 0.6) is 0 Å². The summed E-state index contributed by atoms with van der Waals surface area (Å²) < 4.78 is 0. The summed E-state index contributed by atoms with van der Waals surface area (Å²) in [5.74, 6) is 0.976. The molecule has 0 aromatic carbocycles.